The molecule has 0 aliphatic carbocycles. The summed E-state index contributed by atoms with van der Waals surface area (Å²) in [6.07, 6.45) is 0.627. The Bertz CT molecular complexity index is 530. The molecule has 2 aromatic rings. The number of rotatable bonds is 1. The lowest BCUT2D eigenvalue weighted by molar-refractivity contribution is 0.635. The minimum absolute atomic E-state index is 0.265. The topological polar surface area (TPSA) is 25.8 Å². The van der Waals surface area contributed by atoms with Crippen LogP contribution in [0.15, 0.2) is 16.6 Å². The Kier molecular flexibility index (Phi) is 2.89. The number of halogens is 3. The lowest BCUT2D eigenvalue weighted by Gasteiger charge is -2.05. The molecular formula is C10H7BrClFN2. The van der Waals surface area contributed by atoms with E-state index < -0.39 is 0 Å². The zero-order chi connectivity index (χ0) is 11.0. The van der Waals surface area contributed by atoms with Gasteiger partial charge in [-0.3, -0.25) is 0 Å². The van der Waals surface area contributed by atoms with E-state index >= 15 is 0 Å². The summed E-state index contributed by atoms with van der Waals surface area (Å²) in [6.45, 7) is 1.90. The average molecular weight is 290 g/mol. The van der Waals surface area contributed by atoms with Gasteiger partial charge in [0.15, 0.2) is 0 Å². The summed E-state index contributed by atoms with van der Waals surface area (Å²) >= 11 is 9.27. The van der Waals surface area contributed by atoms with Crippen molar-refractivity contribution in [1.29, 1.82) is 0 Å². The fraction of sp³-hybridized carbons (Fsp3) is 0.200. The molecule has 78 valence electrons. The summed E-state index contributed by atoms with van der Waals surface area (Å²) in [7, 11) is 0. The fourth-order valence-electron chi connectivity index (χ4n) is 1.33. The summed E-state index contributed by atoms with van der Waals surface area (Å²) in [5, 5.41) is 0.803. The number of benzene rings is 1. The number of hydrogen-bond acceptors (Lipinski definition) is 2. The highest BCUT2D eigenvalue weighted by atomic mass is 79.9. The van der Waals surface area contributed by atoms with Crippen LogP contribution in [0.3, 0.4) is 0 Å². The van der Waals surface area contributed by atoms with Gasteiger partial charge in [0.1, 0.15) is 22.3 Å². The Morgan fingerprint density at radius 1 is 1.40 bits per heavy atom. The minimum Gasteiger partial charge on any atom is -0.230 e. The van der Waals surface area contributed by atoms with Crippen molar-refractivity contribution in [1.82, 2.24) is 9.97 Å². The molecule has 0 saturated carbocycles. The molecule has 0 unspecified atom stereocenters. The van der Waals surface area contributed by atoms with Gasteiger partial charge in [0, 0.05) is 10.9 Å². The van der Waals surface area contributed by atoms with Crippen molar-refractivity contribution in [3.63, 3.8) is 0 Å². The Labute approximate surface area is 99.6 Å². The van der Waals surface area contributed by atoms with Gasteiger partial charge in [0.25, 0.3) is 0 Å². The van der Waals surface area contributed by atoms with Crippen LogP contribution in [0.2, 0.25) is 5.15 Å². The predicted molar refractivity (Wildman–Crippen MR) is 61.6 cm³/mol. The van der Waals surface area contributed by atoms with Crippen LogP contribution >= 0.6 is 27.5 Å². The maximum Gasteiger partial charge on any atom is 0.149 e. The van der Waals surface area contributed by atoms with Crippen LogP contribution in [0.1, 0.15) is 12.7 Å². The van der Waals surface area contributed by atoms with Gasteiger partial charge < -0.3 is 0 Å². The number of hydrogen-bond donors (Lipinski definition) is 0. The van der Waals surface area contributed by atoms with E-state index in [1.54, 1.807) is 6.07 Å². The molecule has 1 aromatic heterocycles. The second-order valence-corrected chi connectivity index (χ2v) is 4.25. The van der Waals surface area contributed by atoms with E-state index in [-0.39, 0.29) is 16.5 Å². The Morgan fingerprint density at radius 2 is 2.13 bits per heavy atom. The molecule has 0 amide bonds. The van der Waals surface area contributed by atoms with E-state index in [1.165, 1.54) is 6.07 Å². The quantitative estimate of drug-likeness (QED) is 0.747. The third-order valence-corrected chi connectivity index (χ3v) is 3.00. The minimum atomic E-state index is -0.382. The highest BCUT2D eigenvalue weighted by Gasteiger charge is 2.11. The summed E-state index contributed by atoms with van der Waals surface area (Å²) in [5.41, 5.74) is 0.265. The van der Waals surface area contributed by atoms with Crippen LogP contribution < -0.4 is 0 Å². The molecule has 0 radical (unpaired) electrons. The zero-order valence-corrected chi connectivity index (χ0v) is 10.2. The van der Waals surface area contributed by atoms with Crippen molar-refractivity contribution >= 4 is 38.4 Å². The first-order valence-corrected chi connectivity index (χ1v) is 5.60. The monoisotopic (exact) mass is 288 g/mol. The third-order valence-electron chi connectivity index (χ3n) is 2.07. The van der Waals surface area contributed by atoms with Crippen LogP contribution in [-0.2, 0) is 6.42 Å². The van der Waals surface area contributed by atoms with E-state index in [9.17, 15) is 4.39 Å². The molecule has 2 rings (SSSR count). The van der Waals surface area contributed by atoms with Gasteiger partial charge >= 0.3 is 0 Å². The molecule has 1 aromatic carbocycles. The van der Waals surface area contributed by atoms with Gasteiger partial charge in [-0.05, 0) is 28.1 Å². The molecule has 5 heteroatoms. The molecule has 0 saturated heterocycles. The van der Waals surface area contributed by atoms with E-state index in [4.69, 9.17) is 11.6 Å². The van der Waals surface area contributed by atoms with E-state index in [0.717, 1.165) is 0 Å². The van der Waals surface area contributed by atoms with Crippen molar-refractivity contribution in [2.75, 3.05) is 0 Å². The average Bonchev–Trinajstić information content (AvgIpc) is 2.23. The molecule has 15 heavy (non-hydrogen) atoms. The second kappa shape index (κ2) is 4.02. The molecule has 0 spiro atoms. The Morgan fingerprint density at radius 3 is 2.80 bits per heavy atom. The number of aromatic nitrogens is 2. The third kappa shape index (κ3) is 1.84. The van der Waals surface area contributed by atoms with Crippen LogP contribution in [0, 0.1) is 5.82 Å². The van der Waals surface area contributed by atoms with E-state index in [2.05, 4.69) is 25.9 Å². The van der Waals surface area contributed by atoms with Crippen molar-refractivity contribution in [3.05, 3.63) is 33.4 Å². The maximum atomic E-state index is 13.5. The summed E-state index contributed by atoms with van der Waals surface area (Å²) in [4.78, 5) is 8.19. The maximum absolute atomic E-state index is 13.5. The Hall–Kier alpha value is -0.740. The van der Waals surface area contributed by atoms with Crippen LogP contribution in [0.5, 0.6) is 0 Å². The van der Waals surface area contributed by atoms with Gasteiger partial charge in [0.2, 0.25) is 0 Å². The van der Waals surface area contributed by atoms with Gasteiger partial charge in [0.05, 0.1) is 5.39 Å². The molecule has 2 nitrogen and oxygen atoms in total. The fourth-order valence-corrected chi connectivity index (χ4v) is 2.24. The first kappa shape index (κ1) is 10.8. The van der Waals surface area contributed by atoms with Crippen molar-refractivity contribution in [2.24, 2.45) is 0 Å². The standard InChI is InChI=1S/C10H7BrClFN2/c1-2-7-14-9-6(13)4-3-5(11)8(9)10(12)15-7/h3-4H,2H2,1H3. The molecule has 0 bridgehead atoms. The second-order valence-electron chi connectivity index (χ2n) is 3.04. The molecule has 0 fully saturated rings. The van der Waals surface area contributed by atoms with Crippen molar-refractivity contribution < 1.29 is 4.39 Å². The molecule has 1 heterocycles. The van der Waals surface area contributed by atoms with E-state index in [1.807, 2.05) is 6.92 Å². The Balaban J connectivity index is 2.90. The SMILES string of the molecule is CCc1nc(Cl)c2c(Br)ccc(F)c2n1. The van der Waals surface area contributed by atoms with Gasteiger partial charge in [-0.2, -0.15) is 0 Å². The highest BCUT2D eigenvalue weighted by Crippen LogP contribution is 2.29. The first-order valence-electron chi connectivity index (χ1n) is 4.43. The number of nitrogens with zero attached hydrogens (tertiary/aromatic N) is 2. The molecule has 0 atom stereocenters. The lowest BCUT2D eigenvalue weighted by Crippen LogP contribution is -1.96. The number of fused-ring (bicyclic) bond motifs is 1. The first-order chi connectivity index (χ1) is 7.13. The smallest absolute Gasteiger partial charge is 0.149 e. The predicted octanol–water partition coefficient (Wildman–Crippen LogP) is 3.75. The van der Waals surface area contributed by atoms with Crippen LogP contribution in [-0.4, -0.2) is 9.97 Å². The van der Waals surface area contributed by atoms with Crippen molar-refractivity contribution in [2.45, 2.75) is 13.3 Å². The summed E-state index contributed by atoms with van der Waals surface area (Å²) < 4.78 is 14.2. The highest BCUT2D eigenvalue weighted by molar-refractivity contribution is 9.10. The van der Waals surface area contributed by atoms with Crippen LogP contribution in [0.4, 0.5) is 4.39 Å². The van der Waals surface area contributed by atoms with E-state index in [0.29, 0.717) is 22.1 Å². The lowest BCUT2D eigenvalue weighted by atomic mass is 10.2. The molecule has 0 N–H and O–H groups in total. The molecular weight excluding hydrogens is 282 g/mol. The van der Waals surface area contributed by atoms with Crippen molar-refractivity contribution in [3.8, 4) is 0 Å². The normalized spacial score (nSPS) is 10.9. The molecule has 0 aliphatic rings. The number of aryl methyl sites for hydroxylation is 1. The van der Waals surface area contributed by atoms with Gasteiger partial charge in [-0.1, -0.05) is 18.5 Å². The van der Waals surface area contributed by atoms with Gasteiger partial charge in [-0.25, -0.2) is 14.4 Å². The largest absolute Gasteiger partial charge is 0.230 e. The summed E-state index contributed by atoms with van der Waals surface area (Å²) in [5.74, 6) is 0.164. The summed E-state index contributed by atoms with van der Waals surface area (Å²) in [6, 6.07) is 2.95. The zero-order valence-electron chi connectivity index (χ0n) is 7.89. The van der Waals surface area contributed by atoms with Gasteiger partial charge in [-0.15, -0.1) is 0 Å². The van der Waals surface area contributed by atoms with Crippen LogP contribution in [0.25, 0.3) is 10.9 Å². The molecule has 0 aliphatic heterocycles.